The molecular formula is C8H13NO2. The molecule has 1 fully saturated rings. The van der Waals surface area contributed by atoms with Gasteiger partial charge in [0.05, 0.1) is 12.0 Å². The molecule has 0 bridgehead atoms. The van der Waals surface area contributed by atoms with E-state index in [1.54, 1.807) is 6.08 Å². The number of hydrogen-bond donors (Lipinski definition) is 2. The molecule has 1 aliphatic rings. The minimum atomic E-state index is -0.441. The Bertz CT molecular complexity index is 173. The Balaban J connectivity index is 2.35. The monoisotopic (exact) mass is 155 g/mol. The van der Waals surface area contributed by atoms with Gasteiger partial charge in [-0.2, -0.15) is 0 Å². The summed E-state index contributed by atoms with van der Waals surface area (Å²) in [5.41, 5.74) is -0.441. The van der Waals surface area contributed by atoms with Crippen LogP contribution in [0, 0.1) is 5.41 Å². The molecule has 0 aliphatic heterocycles. The van der Waals surface area contributed by atoms with E-state index in [4.69, 9.17) is 5.11 Å². The summed E-state index contributed by atoms with van der Waals surface area (Å²) < 4.78 is 0. The van der Waals surface area contributed by atoms with Gasteiger partial charge in [0, 0.05) is 6.54 Å². The Morgan fingerprint density at radius 3 is 2.73 bits per heavy atom. The smallest absolute Gasteiger partial charge is 0.228 e. The summed E-state index contributed by atoms with van der Waals surface area (Å²) >= 11 is 0. The van der Waals surface area contributed by atoms with Gasteiger partial charge in [0.25, 0.3) is 0 Å². The maximum Gasteiger partial charge on any atom is 0.228 e. The molecule has 3 nitrogen and oxygen atoms in total. The Hall–Kier alpha value is -0.830. The lowest BCUT2D eigenvalue weighted by atomic mass is 10.1. The molecule has 0 unspecified atom stereocenters. The van der Waals surface area contributed by atoms with Gasteiger partial charge in [-0.05, 0) is 12.8 Å². The largest absolute Gasteiger partial charge is 0.395 e. The van der Waals surface area contributed by atoms with Crippen molar-refractivity contribution in [3.05, 3.63) is 12.7 Å². The Kier molecular flexibility index (Phi) is 2.29. The van der Waals surface area contributed by atoms with E-state index in [1.807, 2.05) is 0 Å². The van der Waals surface area contributed by atoms with E-state index in [1.165, 1.54) is 0 Å². The topological polar surface area (TPSA) is 49.3 Å². The van der Waals surface area contributed by atoms with Crippen molar-refractivity contribution in [1.29, 1.82) is 0 Å². The average molecular weight is 155 g/mol. The van der Waals surface area contributed by atoms with Crippen LogP contribution in [0.4, 0.5) is 0 Å². The van der Waals surface area contributed by atoms with Crippen molar-refractivity contribution in [2.45, 2.75) is 12.8 Å². The fraction of sp³-hybridized carbons (Fsp3) is 0.625. The number of nitrogens with one attached hydrogen (secondary N) is 1. The van der Waals surface area contributed by atoms with Gasteiger partial charge in [0.1, 0.15) is 0 Å². The molecule has 0 aromatic rings. The number of carbonyl (C=O) groups is 1. The van der Waals surface area contributed by atoms with Gasteiger partial charge in [0.15, 0.2) is 0 Å². The summed E-state index contributed by atoms with van der Waals surface area (Å²) in [6.07, 6.45) is 3.25. The molecule has 2 N–H and O–H groups in total. The van der Waals surface area contributed by atoms with Crippen LogP contribution < -0.4 is 5.32 Å². The molecule has 0 aromatic heterocycles. The first-order chi connectivity index (χ1) is 5.25. The molecule has 0 aromatic carbocycles. The molecule has 1 aliphatic carbocycles. The molecule has 0 saturated heterocycles. The van der Waals surface area contributed by atoms with E-state index in [-0.39, 0.29) is 12.5 Å². The first-order valence-electron chi connectivity index (χ1n) is 3.75. The highest BCUT2D eigenvalue weighted by Gasteiger charge is 2.48. The third-order valence-corrected chi connectivity index (χ3v) is 2.04. The number of rotatable bonds is 4. The number of aliphatic hydroxyl groups is 1. The maximum absolute atomic E-state index is 11.2. The van der Waals surface area contributed by atoms with Gasteiger partial charge in [-0.3, -0.25) is 4.79 Å². The maximum atomic E-state index is 11.2. The van der Waals surface area contributed by atoms with Crippen molar-refractivity contribution >= 4 is 5.91 Å². The lowest BCUT2D eigenvalue weighted by Gasteiger charge is -2.09. The lowest BCUT2D eigenvalue weighted by molar-refractivity contribution is -0.127. The van der Waals surface area contributed by atoms with Crippen LogP contribution in [0.3, 0.4) is 0 Å². The molecule has 1 saturated carbocycles. The van der Waals surface area contributed by atoms with Crippen LogP contribution in [0.2, 0.25) is 0 Å². The first kappa shape index (κ1) is 8.27. The first-order valence-corrected chi connectivity index (χ1v) is 3.75. The van der Waals surface area contributed by atoms with Crippen molar-refractivity contribution in [1.82, 2.24) is 5.32 Å². The number of hydrogen-bond acceptors (Lipinski definition) is 2. The third kappa shape index (κ3) is 1.60. The minimum absolute atomic E-state index is 0.0318. The van der Waals surface area contributed by atoms with Gasteiger partial charge in [-0.15, -0.1) is 6.58 Å². The van der Waals surface area contributed by atoms with E-state index in [0.29, 0.717) is 6.54 Å². The number of aliphatic hydroxyl groups excluding tert-OH is 1. The summed E-state index contributed by atoms with van der Waals surface area (Å²) in [6, 6.07) is 0. The molecule has 1 amide bonds. The summed E-state index contributed by atoms with van der Waals surface area (Å²) in [5, 5.41) is 11.5. The average Bonchev–Trinajstić information content (AvgIpc) is 2.80. The van der Waals surface area contributed by atoms with E-state index in [9.17, 15) is 4.79 Å². The third-order valence-electron chi connectivity index (χ3n) is 2.04. The van der Waals surface area contributed by atoms with Gasteiger partial charge < -0.3 is 10.4 Å². The molecule has 0 spiro atoms. The van der Waals surface area contributed by atoms with E-state index < -0.39 is 5.41 Å². The summed E-state index contributed by atoms with van der Waals surface area (Å²) in [7, 11) is 0. The zero-order valence-electron chi connectivity index (χ0n) is 6.47. The second-order valence-electron chi connectivity index (χ2n) is 2.94. The van der Waals surface area contributed by atoms with Crippen LogP contribution in [-0.4, -0.2) is 24.2 Å². The van der Waals surface area contributed by atoms with Crippen molar-refractivity contribution in [2.75, 3.05) is 13.2 Å². The molecule has 0 heterocycles. The van der Waals surface area contributed by atoms with Crippen molar-refractivity contribution < 1.29 is 9.90 Å². The highest BCUT2D eigenvalue weighted by Crippen LogP contribution is 2.45. The predicted molar refractivity (Wildman–Crippen MR) is 42.0 cm³/mol. The van der Waals surface area contributed by atoms with Crippen LogP contribution in [-0.2, 0) is 4.79 Å². The Morgan fingerprint density at radius 1 is 1.73 bits per heavy atom. The molecular weight excluding hydrogens is 142 g/mol. The second kappa shape index (κ2) is 3.05. The second-order valence-corrected chi connectivity index (χ2v) is 2.94. The van der Waals surface area contributed by atoms with Crippen LogP contribution in [0.5, 0.6) is 0 Å². The van der Waals surface area contributed by atoms with Gasteiger partial charge in [-0.1, -0.05) is 6.08 Å². The predicted octanol–water partition coefficient (Wildman–Crippen LogP) is 0.0611. The van der Waals surface area contributed by atoms with Crippen LogP contribution in [0.15, 0.2) is 12.7 Å². The summed E-state index contributed by atoms with van der Waals surface area (Å²) in [6.45, 7) is 3.94. The van der Waals surface area contributed by atoms with E-state index in [0.717, 1.165) is 12.8 Å². The minimum Gasteiger partial charge on any atom is -0.395 e. The van der Waals surface area contributed by atoms with E-state index >= 15 is 0 Å². The van der Waals surface area contributed by atoms with Gasteiger partial charge in [-0.25, -0.2) is 0 Å². The molecule has 1 rings (SSSR count). The van der Waals surface area contributed by atoms with Gasteiger partial charge >= 0.3 is 0 Å². The molecule has 62 valence electrons. The highest BCUT2D eigenvalue weighted by atomic mass is 16.3. The SMILES string of the molecule is C=CCNC(=O)C1(CO)CC1. The Morgan fingerprint density at radius 2 is 2.36 bits per heavy atom. The summed E-state index contributed by atoms with van der Waals surface area (Å²) in [5.74, 6) is -0.0418. The van der Waals surface area contributed by atoms with Crippen LogP contribution >= 0.6 is 0 Å². The zero-order valence-corrected chi connectivity index (χ0v) is 6.47. The van der Waals surface area contributed by atoms with Crippen molar-refractivity contribution in [3.8, 4) is 0 Å². The standard InChI is InChI=1S/C8H13NO2/c1-2-5-9-7(11)8(6-10)3-4-8/h2,10H,1,3-6H2,(H,9,11). The highest BCUT2D eigenvalue weighted by molar-refractivity contribution is 5.85. The molecule has 0 radical (unpaired) electrons. The van der Waals surface area contributed by atoms with Crippen LogP contribution in [0.25, 0.3) is 0 Å². The quantitative estimate of drug-likeness (QED) is 0.564. The summed E-state index contributed by atoms with van der Waals surface area (Å²) in [4.78, 5) is 11.2. The fourth-order valence-corrected chi connectivity index (χ4v) is 0.960. The fourth-order valence-electron chi connectivity index (χ4n) is 0.960. The molecule has 0 atom stereocenters. The normalized spacial score (nSPS) is 19.0. The molecule has 11 heavy (non-hydrogen) atoms. The van der Waals surface area contributed by atoms with Crippen molar-refractivity contribution in [3.63, 3.8) is 0 Å². The van der Waals surface area contributed by atoms with Crippen LogP contribution in [0.1, 0.15) is 12.8 Å². The Labute approximate surface area is 66.1 Å². The number of amides is 1. The van der Waals surface area contributed by atoms with Crippen molar-refractivity contribution in [2.24, 2.45) is 5.41 Å². The van der Waals surface area contributed by atoms with Gasteiger partial charge in [0.2, 0.25) is 5.91 Å². The number of carbonyl (C=O) groups excluding carboxylic acids is 1. The van der Waals surface area contributed by atoms with E-state index in [2.05, 4.69) is 11.9 Å². The lowest BCUT2D eigenvalue weighted by Crippen LogP contribution is -2.34. The zero-order chi connectivity index (χ0) is 8.32. The molecule has 3 heteroatoms.